The highest BCUT2D eigenvalue weighted by Gasteiger charge is 2.30. The Morgan fingerprint density at radius 2 is 2.06 bits per heavy atom. The highest BCUT2D eigenvalue weighted by atomic mass is 16.5. The number of carbonyl (C=O) groups is 1. The van der Waals surface area contributed by atoms with E-state index in [1.165, 1.54) is 0 Å². The van der Waals surface area contributed by atoms with Gasteiger partial charge in [-0.2, -0.15) is 4.98 Å². The Kier molecular flexibility index (Phi) is 3.51. The van der Waals surface area contributed by atoms with Crippen LogP contribution in [-0.2, 0) is 10.3 Å². The fraction of sp³-hybridized carbons (Fsp3) is 0.727. The van der Waals surface area contributed by atoms with E-state index in [0.717, 1.165) is 0 Å². The molecule has 2 heterocycles. The van der Waals surface area contributed by atoms with Crippen molar-refractivity contribution in [3.05, 3.63) is 11.7 Å². The molecule has 0 bridgehead atoms. The molecule has 1 aliphatic rings. The third kappa shape index (κ3) is 2.79. The van der Waals surface area contributed by atoms with Crippen molar-refractivity contribution >= 4 is 6.03 Å². The first-order valence-electron chi connectivity index (χ1n) is 5.95. The number of nitrogens with zero attached hydrogens (tertiary/aromatic N) is 3. The van der Waals surface area contributed by atoms with E-state index in [1.54, 1.807) is 11.8 Å². The molecule has 0 aromatic carbocycles. The number of aromatic nitrogens is 2. The summed E-state index contributed by atoms with van der Waals surface area (Å²) in [6.07, 6.45) is 0. The Balaban J connectivity index is 2.00. The average Bonchev–Trinajstić information content (AvgIpc) is 2.77. The van der Waals surface area contributed by atoms with Crippen molar-refractivity contribution in [2.45, 2.75) is 26.3 Å². The molecular weight excluding hydrogens is 236 g/mol. The van der Waals surface area contributed by atoms with Crippen molar-refractivity contribution in [1.29, 1.82) is 0 Å². The Bertz CT molecular complexity index is 424. The van der Waals surface area contributed by atoms with Crippen molar-refractivity contribution in [1.82, 2.24) is 20.4 Å². The molecule has 7 heteroatoms. The van der Waals surface area contributed by atoms with Crippen LogP contribution >= 0.6 is 0 Å². The van der Waals surface area contributed by atoms with Gasteiger partial charge in [0, 0.05) is 20.0 Å². The highest BCUT2D eigenvalue weighted by molar-refractivity contribution is 5.75. The first-order valence-corrected chi connectivity index (χ1v) is 5.95. The van der Waals surface area contributed by atoms with Crippen molar-refractivity contribution in [3.8, 4) is 0 Å². The van der Waals surface area contributed by atoms with Crippen molar-refractivity contribution in [2.75, 3.05) is 26.3 Å². The van der Waals surface area contributed by atoms with Crippen LogP contribution in [0, 0.1) is 6.92 Å². The van der Waals surface area contributed by atoms with E-state index < -0.39 is 5.54 Å². The summed E-state index contributed by atoms with van der Waals surface area (Å²) in [5.74, 6) is 0.959. The molecule has 100 valence electrons. The maximum Gasteiger partial charge on any atom is 0.318 e. The van der Waals surface area contributed by atoms with E-state index in [0.29, 0.717) is 38.0 Å². The van der Waals surface area contributed by atoms with E-state index in [-0.39, 0.29) is 6.03 Å². The van der Waals surface area contributed by atoms with Crippen LogP contribution in [0.5, 0.6) is 0 Å². The number of morpholine rings is 1. The quantitative estimate of drug-likeness (QED) is 0.838. The molecule has 0 saturated carbocycles. The molecular formula is C11H18N4O3. The largest absolute Gasteiger partial charge is 0.378 e. The van der Waals surface area contributed by atoms with Gasteiger partial charge >= 0.3 is 6.03 Å². The minimum absolute atomic E-state index is 0.134. The molecule has 7 nitrogen and oxygen atoms in total. The van der Waals surface area contributed by atoms with E-state index >= 15 is 0 Å². The molecule has 0 aliphatic carbocycles. The normalized spacial score (nSPS) is 16.7. The molecule has 1 N–H and O–H groups in total. The molecule has 0 radical (unpaired) electrons. The number of rotatable bonds is 2. The van der Waals surface area contributed by atoms with Crippen molar-refractivity contribution < 1.29 is 14.1 Å². The number of urea groups is 1. The second-order valence-corrected chi connectivity index (χ2v) is 4.79. The third-order valence-corrected chi connectivity index (χ3v) is 2.80. The van der Waals surface area contributed by atoms with E-state index in [4.69, 9.17) is 9.26 Å². The zero-order chi connectivity index (χ0) is 13.2. The first-order chi connectivity index (χ1) is 8.49. The van der Waals surface area contributed by atoms with Crippen LogP contribution in [0.4, 0.5) is 4.79 Å². The summed E-state index contributed by atoms with van der Waals surface area (Å²) >= 11 is 0. The SMILES string of the molecule is Cc1nc(C(C)(C)NC(=O)N2CCOCC2)no1. The van der Waals surface area contributed by atoms with E-state index in [9.17, 15) is 4.79 Å². The molecule has 1 saturated heterocycles. The first kappa shape index (κ1) is 12.8. The Morgan fingerprint density at radius 1 is 1.39 bits per heavy atom. The molecule has 0 unspecified atom stereocenters. The van der Waals surface area contributed by atoms with Gasteiger partial charge in [0.2, 0.25) is 5.89 Å². The van der Waals surface area contributed by atoms with Gasteiger partial charge in [-0.1, -0.05) is 5.16 Å². The number of hydrogen-bond donors (Lipinski definition) is 1. The summed E-state index contributed by atoms with van der Waals surface area (Å²) in [4.78, 5) is 17.9. The smallest absolute Gasteiger partial charge is 0.318 e. The van der Waals surface area contributed by atoms with Crippen LogP contribution in [-0.4, -0.2) is 47.4 Å². The van der Waals surface area contributed by atoms with Gasteiger partial charge in [0.05, 0.1) is 18.8 Å². The Labute approximate surface area is 105 Å². The summed E-state index contributed by atoms with van der Waals surface area (Å²) in [5, 5.41) is 6.74. The highest BCUT2D eigenvalue weighted by Crippen LogP contribution is 2.17. The second-order valence-electron chi connectivity index (χ2n) is 4.79. The van der Waals surface area contributed by atoms with Gasteiger partial charge < -0.3 is 19.5 Å². The average molecular weight is 254 g/mol. The lowest BCUT2D eigenvalue weighted by atomic mass is 10.1. The Morgan fingerprint density at radius 3 is 2.61 bits per heavy atom. The zero-order valence-electron chi connectivity index (χ0n) is 10.9. The fourth-order valence-corrected chi connectivity index (χ4v) is 1.72. The van der Waals surface area contributed by atoms with Crippen molar-refractivity contribution in [2.24, 2.45) is 0 Å². The van der Waals surface area contributed by atoms with Crippen LogP contribution in [0.1, 0.15) is 25.6 Å². The van der Waals surface area contributed by atoms with Crippen molar-refractivity contribution in [3.63, 3.8) is 0 Å². The van der Waals surface area contributed by atoms with Gasteiger partial charge in [-0.25, -0.2) is 4.79 Å². The lowest BCUT2D eigenvalue weighted by Crippen LogP contribution is -2.52. The number of aryl methyl sites for hydroxylation is 1. The molecule has 2 rings (SSSR count). The molecule has 1 aromatic rings. The van der Waals surface area contributed by atoms with Gasteiger partial charge in [0.15, 0.2) is 5.82 Å². The molecule has 1 aromatic heterocycles. The maximum atomic E-state index is 12.1. The van der Waals surface area contributed by atoms with Crippen LogP contribution < -0.4 is 5.32 Å². The lowest BCUT2D eigenvalue weighted by Gasteiger charge is -2.31. The second kappa shape index (κ2) is 4.93. The molecule has 0 atom stereocenters. The van der Waals surface area contributed by atoms with Crippen LogP contribution in [0.2, 0.25) is 0 Å². The van der Waals surface area contributed by atoms with E-state index in [1.807, 2.05) is 13.8 Å². The standard InChI is InChI=1S/C11H18N4O3/c1-8-12-9(14-18-8)11(2,3)13-10(16)15-4-6-17-7-5-15/h4-7H2,1-3H3,(H,13,16). The Hall–Kier alpha value is -1.63. The van der Waals surface area contributed by atoms with Gasteiger partial charge in [0.25, 0.3) is 0 Å². The van der Waals surface area contributed by atoms with Crippen LogP contribution in [0.3, 0.4) is 0 Å². The van der Waals surface area contributed by atoms with Crippen LogP contribution in [0.15, 0.2) is 4.52 Å². The minimum Gasteiger partial charge on any atom is -0.378 e. The summed E-state index contributed by atoms with van der Waals surface area (Å²) < 4.78 is 10.1. The number of ether oxygens (including phenoxy) is 1. The number of amides is 2. The summed E-state index contributed by atoms with van der Waals surface area (Å²) in [6.45, 7) is 7.77. The van der Waals surface area contributed by atoms with Gasteiger partial charge in [0.1, 0.15) is 0 Å². The summed E-state index contributed by atoms with van der Waals surface area (Å²) in [7, 11) is 0. The predicted octanol–water partition coefficient (Wildman–Crippen LogP) is 0.655. The van der Waals surface area contributed by atoms with Gasteiger partial charge in [-0.15, -0.1) is 0 Å². The monoisotopic (exact) mass is 254 g/mol. The number of carbonyl (C=O) groups excluding carboxylic acids is 1. The predicted molar refractivity (Wildman–Crippen MR) is 63.0 cm³/mol. The third-order valence-electron chi connectivity index (χ3n) is 2.80. The number of hydrogen-bond acceptors (Lipinski definition) is 5. The molecule has 1 aliphatic heterocycles. The van der Waals surface area contributed by atoms with Crippen LogP contribution in [0.25, 0.3) is 0 Å². The lowest BCUT2D eigenvalue weighted by molar-refractivity contribution is 0.0512. The summed E-state index contributed by atoms with van der Waals surface area (Å²) in [5.41, 5.74) is -0.660. The molecule has 2 amide bonds. The van der Waals surface area contributed by atoms with Gasteiger partial charge in [-0.05, 0) is 13.8 Å². The molecule has 1 fully saturated rings. The fourth-order valence-electron chi connectivity index (χ4n) is 1.72. The molecule has 18 heavy (non-hydrogen) atoms. The molecule has 0 spiro atoms. The van der Waals surface area contributed by atoms with E-state index in [2.05, 4.69) is 15.5 Å². The topological polar surface area (TPSA) is 80.5 Å². The minimum atomic E-state index is -0.660. The zero-order valence-corrected chi connectivity index (χ0v) is 10.9. The number of nitrogens with one attached hydrogen (secondary N) is 1. The van der Waals surface area contributed by atoms with Gasteiger partial charge in [-0.3, -0.25) is 0 Å². The maximum absolute atomic E-state index is 12.1. The summed E-state index contributed by atoms with van der Waals surface area (Å²) in [6, 6.07) is -0.134.